The Balaban J connectivity index is 1.49. The first kappa shape index (κ1) is 24.0. The summed E-state index contributed by atoms with van der Waals surface area (Å²) in [6.07, 6.45) is 5.57. The van der Waals surface area contributed by atoms with Crippen LogP contribution in [-0.2, 0) is 4.74 Å². The van der Waals surface area contributed by atoms with Crippen LogP contribution >= 0.6 is 0 Å². The van der Waals surface area contributed by atoms with Gasteiger partial charge in [-0.1, -0.05) is 13.8 Å². The van der Waals surface area contributed by atoms with Crippen molar-refractivity contribution >= 4 is 22.5 Å². The second kappa shape index (κ2) is 10.1. The molecule has 8 nitrogen and oxygen atoms in total. The van der Waals surface area contributed by atoms with Gasteiger partial charge in [-0.05, 0) is 62.8 Å². The van der Waals surface area contributed by atoms with Gasteiger partial charge in [0, 0.05) is 50.9 Å². The highest BCUT2D eigenvalue weighted by molar-refractivity contribution is 5.99. The van der Waals surface area contributed by atoms with Gasteiger partial charge < -0.3 is 19.5 Å². The fourth-order valence-electron chi connectivity index (χ4n) is 5.61. The minimum absolute atomic E-state index is 0.0482. The van der Waals surface area contributed by atoms with Crippen molar-refractivity contribution in [1.29, 1.82) is 0 Å². The number of fused-ring (bicyclic) bond motifs is 3. The summed E-state index contributed by atoms with van der Waals surface area (Å²) in [6, 6.07) is 3.90. The Labute approximate surface area is 206 Å². The van der Waals surface area contributed by atoms with Gasteiger partial charge in [-0.25, -0.2) is 4.98 Å². The van der Waals surface area contributed by atoms with Gasteiger partial charge >= 0.3 is 0 Å². The molecule has 5 rings (SSSR count). The molecule has 0 radical (unpaired) electrons. The first-order valence-electron chi connectivity index (χ1n) is 13.1. The molecule has 2 saturated heterocycles. The minimum Gasteiger partial charge on any atom is -0.381 e. The fourth-order valence-corrected chi connectivity index (χ4v) is 5.61. The molecular formula is C27H37N5O3. The second-order valence-electron chi connectivity index (χ2n) is 10.6. The monoisotopic (exact) mass is 479 g/mol. The van der Waals surface area contributed by atoms with Crippen LogP contribution in [0, 0.1) is 12.8 Å². The molecular weight excluding hydrogens is 442 g/mol. The maximum Gasteiger partial charge on any atom is 0.274 e. The molecule has 2 aliphatic rings. The number of ether oxygens (including phenoxy) is 1. The molecule has 0 unspecified atom stereocenters. The molecule has 2 aliphatic heterocycles. The van der Waals surface area contributed by atoms with Gasteiger partial charge in [-0.3, -0.25) is 14.0 Å². The number of nitrogens with zero attached hydrogens (tertiary/aromatic N) is 4. The number of aromatic amines is 1. The molecule has 0 aliphatic carbocycles. The molecule has 35 heavy (non-hydrogen) atoms. The number of hydrogen-bond donors (Lipinski definition) is 1. The Bertz CT molecular complexity index is 1270. The van der Waals surface area contributed by atoms with Crippen LogP contribution in [-0.4, -0.2) is 76.0 Å². The van der Waals surface area contributed by atoms with Gasteiger partial charge in [0.2, 0.25) is 0 Å². The van der Waals surface area contributed by atoms with E-state index < -0.39 is 0 Å². The zero-order valence-corrected chi connectivity index (χ0v) is 21.2. The van der Waals surface area contributed by atoms with Crippen molar-refractivity contribution in [2.45, 2.75) is 52.4 Å². The van der Waals surface area contributed by atoms with Crippen molar-refractivity contribution in [1.82, 2.24) is 24.2 Å². The van der Waals surface area contributed by atoms with Crippen LogP contribution in [0.4, 0.5) is 0 Å². The number of aromatic nitrogens is 3. The van der Waals surface area contributed by atoms with E-state index in [0.29, 0.717) is 35.7 Å². The highest BCUT2D eigenvalue weighted by atomic mass is 16.5. The summed E-state index contributed by atoms with van der Waals surface area (Å²) in [4.78, 5) is 38.7. The van der Waals surface area contributed by atoms with Crippen LogP contribution in [0.1, 0.15) is 67.2 Å². The van der Waals surface area contributed by atoms with Crippen LogP contribution in [0.25, 0.3) is 16.6 Å². The van der Waals surface area contributed by atoms with E-state index in [-0.39, 0.29) is 17.4 Å². The standard InChI is InChI=1S/C27H37N5O3/c1-18(2)17-30-8-4-5-9-31(11-10-30)27(34)21-15-22-23(14-19(21)3)32-24(26(33)29-22)16-28-25(32)20-6-12-35-13-7-20/h14-16,18,20H,4-13,17H2,1-3H3,(H,29,33). The highest BCUT2D eigenvalue weighted by Crippen LogP contribution is 2.29. The van der Waals surface area contributed by atoms with Crippen LogP contribution in [0.3, 0.4) is 0 Å². The van der Waals surface area contributed by atoms with Gasteiger partial charge in [-0.15, -0.1) is 0 Å². The summed E-state index contributed by atoms with van der Waals surface area (Å²) in [5.41, 5.74) is 3.52. The Hall–Kier alpha value is -2.71. The van der Waals surface area contributed by atoms with Crippen molar-refractivity contribution in [3.63, 3.8) is 0 Å². The van der Waals surface area contributed by atoms with Gasteiger partial charge in [0.1, 0.15) is 11.3 Å². The van der Waals surface area contributed by atoms with Crippen LogP contribution < -0.4 is 5.56 Å². The van der Waals surface area contributed by atoms with Crippen molar-refractivity contribution < 1.29 is 9.53 Å². The smallest absolute Gasteiger partial charge is 0.274 e. The summed E-state index contributed by atoms with van der Waals surface area (Å²) in [5.74, 6) is 1.83. The SMILES string of the molecule is Cc1cc2c(cc1C(=O)N1CCCCN(CC(C)C)CC1)[nH]c(=O)c1cnc(C3CCOCC3)n12. The molecule has 2 fully saturated rings. The topological polar surface area (TPSA) is 82.9 Å². The van der Waals surface area contributed by atoms with E-state index in [2.05, 4.69) is 28.7 Å². The molecule has 0 atom stereocenters. The van der Waals surface area contributed by atoms with E-state index in [1.165, 1.54) is 0 Å². The Kier molecular flexibility index (Phi) is 6.93. The van der Waals surface area contributed by atoms with Gasteiger partial charge in [-0.2, -0.15) is 0 Å². The lowest BCUT2D eigenvalue weighted by atomic mass is 9.99. The molecule has 0 saturated carbocycles. The van der Waals surface area contributed by atoms with E-state index in [1.54, 1.807) is 6.20 Å². The van der Waals surface area contributed by atoms with Gasteiger partial charge in [0.15, 0.2) is 0 Å². The van der Waals surface area contributed by atoms with Crippen LogP contribution in [0.5, 0.6) is 0 Å². The number of nitrogens with one attached hydrogen (secondary N) is 1. The molecule has 3 aromatic rings. The zero-order valence-electron chi connectivity index (χ0n) is 21.2. The summed E-state index contributed by atoms with van der Waals surface area (Å²) < 4.78 is 7.52. The first-order valence-corrected chi connectivity index (χ1v) is 13.1. The molecule has 1 N–H and O–H groups in total. The van der Waals surface area contributed by atoms with E-state index in [4.69, 9.17) is 4.74 Å². The molecule has 1 amide bonds. The Morgan fingerprint density at radius 2 is 1.89 bits per heavy atom. The molecule has 1 aromatic carbocycles. The van der Waals surface area contributed by atoms with Crippen LogP contribution in [0.2, 0.25) is 0 Å². The van der Waals surface area contributed by atoms with E-state index in [0.717, 1.165) is 75.3 Å². The number of hydrogen-bond acceptors (Lipinski definition) is 5. The minimum atomic E-state index is -0.179. The summed E-state index contributed by atoms with van der Waals surface area (Å²) >= 11 is 0. The second-order valence-corrected chi connectivity index (χ2v) is 10.6. The molecule has 188 valence electrons. The van der Waals surface area contributed by atoms with Crippen molar-refractivity contribution in [3.05, 3.63) is 45.6 Å². The first-order chi connectivity index (χ1) is 16.9. The maximum atomic E-state index is 13.7. The number of benzene rings is 1. The number of aryl methyl sites for hydroxylation is 1. The highest BCUT2D eigenvalue weighted by Gasteiger charge is 2.25. The van der Waals surface area contributed by atoms with E-state index >= 15 is 0 Å². The quantitative estimate of drug-likeness (QED) is 0.619. The van der Waals surface area contributed by atoms with Crippen molar-refractivity contribution in [3.8, 4) is 0 Å². The number of imidazole rings is 1. The third kappa shape index (κ3) is 4.86. The predicted octanol–water partition coefficient (Wildman–Crippen LogP) is 3.57. The molecule has 2 aromatic heterocycles. The largest absolute Gasteiger partial charge is 0.381 e. The van der Waals surface area contributed by atoms with E-state index in [9.17, 15) is 9.59 Å². The Morgan fingerprint density at radius 3 is 2.66 bits per heavy atom. The summed E-state index contributed by atoms with van der Waals surface area (Å²) in [6.45, 7) is 12.5. The van der Waals surface area contributed by atoms with Crippen LogP contribution in [0.15, 0.2) is 23.1 Å². The zero-order chi connectivity index (χ0) is 24.5. The maximum absolute atomic E-state index is 13.7. The van der Waals surface area contributed by atoms with E-state index in [1.807, 2.05) is 28.4 Å². The molecule has 8 heteroatoms. The van der Waals surface area contributed by atoms with Gasteiger partial charge in [0.25, 0.3) is 11.5 Å². The summed E-state index contributed by atoms with van der Waals surface area (Å²) in [7, 11) is 0. The average molecular weight is 480 g/mol. The summed E-state index contributed by atoms with van der Waals surface area (Å²) in [5, 5.41) is 0. The predicted molar refractivity (Wildman–Crippen MR) is 137 cm³/mol. The lowest BCUT2D eigenvalue weighted by Crippen LogP contribution is -2.43. The normalized spacial score (nSPS) is 18.9. The number of carbonyl (C=O) groups is 1. The van der Waals surface area contributed by atoms with Crippen molar-refractivity contribution in [2.75, 3.05) is 45.9 Å². The number of amides is 1. The number of carbonyl (C=O) groups excluding carboxylic acids is 1. The van der Waals surface area contributed by atoms with Gasteiger partial charge in [0.05, 0.1) is 17.2 Å². The lowest BCUT2D eigenvalue weighted by molar-refractivity contribution is 0.0704. The molecule has 0 spiro atoms. The lowest BCUT2D eigenvalue weighted by Gasteiger charge is -2.32. The van der Waals surface area contributed by atoms with Crippen molar-refractivity contribution in [2.24, 2.45) is 5.92 Å². The fraction of sp³-hybridized carbons (Fsp3) is 0.593. The third-order valence-electron chi connectivity index (χ3n) is 7.42. The molecule has 0 bridgehead atoms. The number of rotatable bonds is 4. The third-order valence-corrected chi connectivity index (χ3v) is 7.42. The average Bonchev–Trinajstić information content (AvgIpc) is 3.27. The Morgan fingerprint density at radius 1 is 1.11 bits per heavy atom. The molecule has 4 heterocycles. The number of H-pyrrole nitrogens is 1.